The van der Waals surface area contributed by atoms with Crippen molar-refractivity contribution in [2.24, 2.45) is 7.05 Å². The SMILES string of the molecule is CC(Sc1nnc(-c2ccc(Cl)cc2)n1C)C(=O)Nc1ccc(F)cc1Cl. The van der Waals surface area contributed by atoms with Gasteiger partial charge in [-0.3, -0.25) is 4.79 Å². The molecule has 0 fully saturated rings. The quantitative estimate of drug-likeness (QED) is 0.582. The lowest BCUT2D eigenvalue weighted by atomic mass is 10.2. The normalized spacial score (nSPS) is 12.0. The zero-order valence-corrected chi connectivity index (χ0v) is 16.7. The van der Waals surface area contributed by atoms with Crippen molar-refractivity contribution < 1.29 is 9.18 Å². The van der Waals surface area contributed by atoms with Crippen LogP contribution in [0.2, 0.25) is 10.0 Å². The van der Waals surface area contributed by atoms with E-state index in [2.05, 4.69) is 15.5 Å². The van der Waals surface area contributed by atoms with Gasteiger partial charge in [0.1, 0.15) is 5.82 Å². The van der Waals surface area contributed by atoms with Crippen molar-refractivity contribution in [3.63, 3.8) is 0 Å². The standard InChI is InChI=1S/C18H15Cl2FN4OS/c1-10(17(26)22-15-8-7-13(21)9-14(15)20)27-18-24-23-16(25(18)2)11-3-5-12(19)6-4-11/h3-10H,1-2H3,(H,22,26). The van der Waals surface area contributed by atoms with Crippen LogP contribution in [0.3, 0.4) is 0 Å². The molecule has 1 amide bonds. The average Bonchev–Trinajstić information content (AvgIpc) is 2.98. The summed E-state index contributed by atoms with van der Waals surface area (Å²) >= 11 is 13.1. The molecule has 1 unspecified atom stereocenters. The molecule has 140 valence electrons. The fourth-order valence-corrected chi connectivity index (χ4v) is 3.46. The van der Waals surface area contributed by atoms with E-state index in [1.54, 1.807) is 19.1 Å². The molecule has 3 rings (SSSR count). The molecule has 27 heavy (non-hydrogen) atoms. The van der Waals surface area contributed by atoms with Crippen molar-refractivity contribution in [3.8, 4) is 11.4 Å². The van der Waals surface area contributed by atoms with Crippen molar-refractivity contribution in [2.45, 2.75) is 17.3 Å². The second-order valence-electron chi connectivity index (χ2n) is 5.75. The number of nitrogens with one attached hydrogen (secondary N) is 1. The Balaban J connectivity index is 1.71. The van der Waals surface area contributed by atoms with Gasteiger partial charge in [0.2, 0.25) is 5.91 Å². The third kappa shape index (κ3) is 4.61. The number of anilines is 1. The summed E-state index contributed by atoms with van der Waals surface area (Å²) in [5.74, 6) is -0.0675. The number of carbonyl (C=O) groups is 1. The van der Waals surface area contributed by atoms with E-state index in [9.17, 15) is 9.18 Å². The number of halogens is 3. The first kappa shape index (κ1) is 19.7. The molecule has 1 atom stereocenters. The lowest BCUT2D eigenvalue weighted by molar-refractivity contribution is -0.115. The van der Waals surface area contributed by atoms with Gasteiger partial charge in [-0.05, 0) is 49.4 Å². The summed E-state index contributed by atoms with van der Waals surface area (Å²) in [5.41, 5.74) is 1.23. The molecule has 0 bridgehead atoms. The number of carbonyl (C=O) groups excluding carboxylic acids is 1. The van der Waals surface area contributed by atoms with Crippen molar-refractivity contribution in [1.29, 1.82) is 0 Å². The van der Waals surface area contributed by atoms with Crippen LogP contribution in [0, 0.1) is 5.82 Å². The van der Waals surface area contributed by atoms with Gasteiger partial charge in [-0.1, -0.05) is 35.0 Å². The first-order valence-electron chi connectivity index (χ1n) is 7.93. The predicted octanol–water partition coefficient (Wildman–Crippen LogP) is 5.05. The molecule has 0 saturated carbocycles. The highest BCUT2D eigenvalue weighted by molar-refractivity contribution is 8.00. The zero-order valence-electron chi connectivity index (χ0n) is 14.4. The summed E-state index contributed by atoms with van der Waals surface area (Å²) in [6, 6.07) is 11.1. The molecule has 3 aromatic rings. The Hall–Kier alpha value is -2.09. The molecule has 5 nitrogen and oxygen atoms in total. The number of thioether (sulfide) groups is 1. The van der Waals surface area contributed by atoms with Crippen LogP contribution in [0.4, 0.5) is 10.1 Å². The topological polar surface area (TPSA) is 59.8 Å². The van der Waals surface area contributed by atoms with E-state index in [1.165, 1.54) is 23.9 Å². The molecule has 0 aliphatic rings. The smallest absolute Gasteiger partial charge is 0.237 e. The fourth-order valence-electron chi connectivity index (χ4n) is 2.30. The number of aromatic nitrogens is 3. The van der Waals surface area contributed by atoms with E-state index in [-0.39, 0.29) is 10.9 Å². The van der Waals surface area contributed by atoms with Crippen molar-refractivity contribution >= 4 is 46.6 Å². The van der Waals surface area contributed by atoms with Gasteiger partial charge in [-0.2, -0.15) is 0 Å². The third-order valence-corrected chi connectivity index (χ3v) is 5.48. The maximum atomic E-state index is 13.1. The highest BCUT2D eigenvalue weighted by Crippen LogP contribution is 2.28. The van der Waals surface area contributed by atoms with Gasteiger partial charge in [0.05, 0.1) is 16.0 Å². The molecule has 0 saturated heterocycles. The van der Waals surface area contributed by atoms with E-state index in [0.29, 0.717) is 21.7 Å². The molecule has 9 heteroatoms. The van der Waals surface area contributed by atoms with Crippen LogP contribution in [0.25, 0.3) is 11.4 Å². The molecular formula is C18H15Cl2FN4OS. The monoisotopic (exact) mass is 424 g/mol. The van der Waals surface area contributed by atoms with Crippen LogP contribution in [0.15, 0.2) is 47.6 Å². The summed E-state index contributed by atoms with van der Waals surface area (Å²) < 4.78 is 14.9. The van der Waals surface area contributed by atoms with Crippen LogP contribution in [0.5, 0.6) is 0 Å². The zero-order chi connectivity index (χ0) is 19.6. The lowest BCUT2D eigenvalue weighted by Crippen LogP contribution is -2.23. The minimum Gasteiger partial charge on any atom is -0.324 e. The molecule has 0 aliphatic carbocycles. The second-order valence-corrected chi connectivity index (χ2v) is 7.90. The van der Waals surface area contributed by atoms with Crippen LogP contribution in [0.1, 0.15) is 6.92 Å². The van der Waals surface area contributed by atoms with Crippen molar-refractivity contribution in [2.75, 3.05) is 5.32 Å². The Morgan fingerprint density at radius 2 is 1.89 bits per heavy atom. The molecule has 1 heterocycles. The summed E-state index contributed by atoms with van der Waals surface area (Å²) in [6.07, 6.45) is 0. The van der Waals surface area contributed by atoms with Crippen molar-refractivity contribution in [1.82, 2.24) is 14.8 Å². The van der Waals surface area contributed by atoms with Crippen molar-refractivity contribution in [3.05, 3.63) is 58.3 Å². The highest BCUT2D eigenvalue weighted by Gasteiger charge is 2.20. The first-order valence-corrected chi connectivity index (χ1v) is 9.56. The average molecular weight is 425 g/mol. The number of amides is 1. The largest absolute Gasteiger partial charge is 0.324 e. The highest BCUT2D eigenvalue weighted by atomic mass is 35.5. The number of hydrogen-bond donors (Lipinski definition) is 1. The van der Waals surface area contributed by atoms with Crippen LogP contribution in [-0.2, 0) is 11.8 Å². The molecule has 1 aromatic heterocycles. The summed E-state index contributed by atoms with van der Waals surface area (Å²) in [4.78, 5) is 12.4. The lowest BCUT2D eigenvalue weighted by Gasteiger charge is -2.12. The van der Waals surface area contributed by atoms with E-state index in [0.717, 1.165) is 11.6 Å². The van der Waals surface area contributed by atoms with Crippen LogP contribution < -0.4 is 5.32 Å². The molecule has 2 aromatic carbocycles. The Bertz CT molecular complexity index is 978. The van der Waals surface area contributed by atoms with E-state index >= 15 is 0 Å². The summed E-state index contributed by atoms with van der Waals surface area (Å²) in [5, 5.41) is 11.9. The van der Waals surface area contributed by atoms with Gasteiger partial charge < -0.3 is 9.88 Å². The molecule has 0 radical (unpaired) electrons. The molecule has 0 spiro atoms. The maximum Gasteiger partial charge on any atom is 0.237 e. The number of benzene rings is 2. The first-order chi connectivity index (χ1) is 12.8. The van der Waals surface area contributed by atoms with Gasteiger partial charge in [-0.25, -0.2) is 4.39 Å². The van der Waals surface area contributed by atoms with Gasteiger partial charge in [0, 0.05) is 17.6 Å². The Kier molecular flexibility index (Phi) is 6.04. The van der Waals surface area contributed by atoms with Crippen LogP contribution >= 0.6 is 35.0 Å². The minimum absolute atomic E-state index is 0.143. The van der Waals surface area contributed by atoms with E-state index < -0.39 is 11.1 Å². The van der Waals surface area contributed by atoms with Crippen LogP contribution in [-0.4, -0.2) is 25.9 Å². The van der Waals surface area contributed by atoms with Gasteiger partial charge in [-0.15, -0.1) is 10.2 Å². The maximum absolute atomic E-state index is 13.1. The molecular weight excluding hydrogens is 410 g/mol. The van der Waals surface area contributed by atoms with Gasteiger partial charge >= 0.3 is 0 Å². The fraction of sp³-hybridized carbons (Fsp3) is 0.167. The number of hydrogen-bond acceptors (Lipinski definition) is 4. The van der Waals surface area contributed by atoms with Gasteiger partial charge in [0.15, 0.2) is 11.0 Å². The summed E-state index contributed by atoms with van der Waals surface area (Å²) in [7, 11) is 1.83. The van der Waals surface area contributed by atoms with E-state index in [4.69, 9.17) is 23.2 Å². The molecule has 1 N–H and O–H groups in total. The summed E-state index contributed by atoms with van der Waals surface area (Å²) in [6.45, 7) is 1.74. The second kappa shape index (κ2) is 8.29. The molecule has 0 aliphatic heterocycles. The number of nitrogens with zero attached hydrogens (tertiary/aromatic N) is 3. The third-order valence-electron chi connectivity index (χ3n) is 3.78. The number of rotatable bonds is 5. The van der Waals surface area contributed by atoms with E-state index in [1.807, 2.05) is 23.7 Å². The van der Waals surface area contributed by atoms with Gasteiger partial charge in [0.25, 0.3) is 0 Å². The Morgan fingerprint density at radius 3 is 2.56 bits per heavy atom. The predicted molar refractivity (Wildman–Crippen MR) is 107 cm³/mol. The minimum atomic E-state index is -0.466. The Labute approximate surface area is 169 Å². The Morgan fingerprint density at radius 1 is 1.19 bits per heavy atom.